The maximum absolute atomic E-state index is 12.2. The van der Waals surface area contributed by atoms with Gasteiger partial charge in [0.15, 0.2) is 0 Å². The summed E-state index contributed by atoms with van der Waals surface area (Å²) in [6.07, 6.45) is 10.5. The fraction of sp³-hybridized carbons (Fsp3) is 0.714. The van der Waals surface area contributed by atoms with Crippen molar-refractivity contribution in [3.8, 4) is 0 Å². The third kappa shape index (κ3) is 3.80. The van der Waals surface area contributed by atoms with Crippen molar-refractivity contribution in [2.24, 2.45) is 11.7 Å². The summed E-state index contributed by atoms with van der Waals surface area (Å²) in [6, 6.07) is 0. The highest BCUT2D eigenvalue weighted by Crippen LogP contribution is 2.25. The van der Waals surface area contributed by atoms with Gasteiger partial charge >= 0.3 is 0 Å². The van der Waals surface area contributed by atoms with Gasteiger partial charge in [-0.05, 0) is 18.8 Å². The summed E-state index contributed by atoms with van der Waals surface area (Å²) < 4.78 is 2.02. The maximum atomic E-state index is 12.2. The van der Waals surface area contributed by atoms with Gasteiger partial charge in [-0.2, -0.15) is 0 Å². The predicted molar refractivity (Wildman–Crippen MR) is 74.4 cm³/mol. The fourth-order valence-corrected chi connectivity index (χ4v) is 2.67. The molecule has 0 aliphatic heterocycles. The first-order chi connectivity index (χ1) is 9.10. The van der Waals surface area contributed by atoms with Crippen LogP contribution in [0, 0.1) is 5.92 Å². The van der Waals surface area contributed by atoms with Crippen molar-refractivity contribution in [3.05, 3.63) is 18.7 Å². The van der Waals surface area contributed by atoms with Gasteiger partial charge in [0.2, 0.25) is 5.91 Å². The number of rotatable bonds is 5. The molecule has 0 aromatic carbocycles. The Hall–Kier alpha value is -1.36. The first kappa shape index (κ1) is 14.1. The van der Waals surface area contributed by atoms with E-state index in [9.17, 15) is 4.79 Å². The molecule has 1 amide bonds. The number of hydrogen-bond acceptors (Lipinski definition) is 3. The third-order valence-corrected chi connectivity index (χ3v) is 3.89. The molecule has 1 aromatic heterocycles. The molecule has 1 heterocycles. The molecule has 1 aromatic rings. The minimum absolute atomic E-state index is 0.0182. The molecule has 2 rings (SSSR count). The van der Waals surface area contributed by atoms with Crippen molar-refractivity contribution in [3.63, 3.8) is 0 Å². The molecule has 0 saturated heterocycles. The number of nitrogens with one attached hydrogen (secondary N) is 1. The highest BCUT2D eigenvalue weighted by Gasteiger charge is 2.35. The number of carbonyl (C=O) groups is 1. The zero-order valence-corrected chi connectivity index (χ0v) is 11.6. The number of imidazole rings is 1. The summed E-state index contributed by atoms with van der Waals surface area (Å²) in [4.78, 5) is 16.2. The quantitative estimate of drug-likeness (QED) is 0.842. The Bertz CT molecular complexity index is 396. The Morgan fingerprint density at radius 1 is 1.47 bits per heavy atom. The largest absolute Gasteiger partial charge is 0.354 e. The van der Waals surface area contributed by atoms with Crippen LogP contribution in [0.15, 0.2) is 18.7 Å². The van der Waals surface area contributed by atoms with E-state index >= 15 is 0 Å². The van der Waals surface area contributed by atoms with Crippen molar-refractivity contribution >= 4 is 5.91 Å². The lowest BCUT2D eigenvalue weighted by Crippen LogP contribution is -2.55. The van der Waals surface area contributed by atoms with E-state index in [4.69, 9.17) is 5.73 Å². The van der Waals surface area contributed by atoms with E-state index in [0.29, 0.717) is 12.5 Å². The van der Waals surface area contributed by atoms with E-state index in [1.54, 1.807) is 12.5 Å². The molecule has 1 unspecified atom stereocenters. The third-order valence-electron chi connectivity index (χ3n) is 3.89. The van der Waals surface area contributed by atoms with E-state index in [1.165, 1.54) is 6.42 Å². The standard InChI is InChI=1S/C14H24N4O/c1-12(10-18-8-7-16-11-18)9-17-13(19)14(15)5-3-2-4-6-14/h7-8,11-12H,2-6,9-10,15H2,1H3,(H,17,19). The van der Waals surface area contributed by atoms with E-state index < -0.39 is 5.54 Å². The van der Waals surface area contributed by atoms with E-state index in [0.717, 1.165) is 32.2 Å². The summed E-state index contributed by atoms with van der Waals surface area (Å²) in [6.45, 7) is 3.64. The van der Waals surface area contributed by atoms with Crippen molar-refractivity contribution < 1.29 is 4.79 Å². The first-order valence-corrected chi connectivity index (χ1v) is 7.13. The summed E-state index contributed by atoms with van der Waals surface area (Å²) in [5.74, 6) is 0.384. The molecule has 0 spiro atoms. The minimum atomic E-state index is -0.632. The lowest BCUT2D eigenvalue weighted by molar-refractivity contribution is -0.127. The lowest BCUT2D eigenvalue weighted by Gasteiger charge is -2.32. The van der Waals surface area contributed by atoms with Gasteiger partial charge in [-0.25, -0.2) is 4.98 Å². The van der Waals surface area contributed by atoms with Crippen molar-refractivity contribution in [1.29, 1.82) is 0 Å². The number of nitrogens with zero attached hydrogens (tertiary/aromatic N) is 2. The van der Waals surface area contributed by atoms with Crippen LogP contribution in [0.25, 0.3) is 0 Å². The number of amides is 1. The van der Waals surface area contributed by atoms with Crippen LogP contribution in [0.2, 0.25) is 0 Å². The van der Waals surface area contributed by atoms with Gasteiger partial charge in [0.05, 0.1) is 11.9 Å². The molecular weight excluding hydrogens is 240 g/mol. The van der Waals surface area contributed by atoms with Gasteiger partial charge in [0.25, 0.3) is 0 Å². The second kappa shape index (κ2) is 6.19. The molecule has 1 saturated carbocycles. The van der Waals surface area contributed by atoms with Crippen molar-refractivity contribution in [2.75, 3.05) is 6.54 Å². The topological polar surface area (TPSA) is 72.9 Å². The summed E-state index contributed by atoms with van der Waals surface area (Å²) >= 11 is 0. The summed E-state index contributed by atoms with van der Waals surface area (Å²) in [5, 5.41) is 3.01. The highest BCUT2D eigenvalue weighted by molar-refractivity contribution is 5.86. The van der Waals surface area contributed by atoms with Gasteiger partial charge in [-0.3, -0.25) is 4.79 Å². The Balaban J connectivity index is 1.76. The molecule has 5 nitrogen and oxygen atoms in total. The molecule has 0 bridgehead atoms. The molecule has 0 radical (unpaired) electrons. The average molecular weight is 264 g/mol. The number of carbonyl (C=O) groups excluding carboxylic acids is 1. The van der Waals surface area contributed by atoms with Crippen molar-refractivity contribution in [1.82, 2.24) is 14.9 Å². The SMILES string of the molecule is CC(CNC(=O)C1(N)CCCCC1)Cn1ccnc1. The zero-order valence-electron chi connectivity index (χ0n) is 11.6. The van der Waals surface area contributed by atoms with Crippen LogP contribution in [0.3, 0.4) is 0 Å². The molecule has 19 heavy (non-hydrogen) atoms. The van der Waals surface area contributed by atoms with Gasteiger partial charge in [-0.15, -0.1) is 0 Å². The molecule has 1 aliphatic carbocycles. The van der Waals surface area contributed by atoms with Gasteiger partial charge in [-0.1, -0.05) is 26.2 Å². The van der Waals surface area contributed by atoms with E-state index in [1.807, 2.05) is 10.8 Å². The monoisotopic (exact) mass is 264 g/mol. The Morgan fingerprint density at radius 2 is 2.21 bits per heavy atom. The van der Waals surface area contributed by atoms with Crippen LogP contribution in [0.1, 0.15) is 39.0 Å². The molecule has 106 valence electrons. The fourth-order valence-electron chi connectivity index (χ4n) is 2.67. The molecule has 1 fully saturated rings. The number of aromatic nitrogens is 2. The van der Waals surface area contributed by atoms with Crippen molar-refractivity contribution in [2.45, 2.75) is 51.1 Å². The van der Waals surface area contributed by atoms with Crippen LogP contribution < -0.4 is 11.1 Å². The Morgan fingerprint density at radius 3 is 2.84 bits per heavy atom. The Labute approximate surface area is 114 Å². The lowest BCUT2D eigenvalue weighted by atomic mass is 9.82. The highest BCUT2D eigenvalue weighted by atomic mass is 16.2. The Kier molecular flexibility index (Phi) is 4.58. The summed E-state index contributed by atoms with van der Waals surface area (Å²) in [7, 11) is 0. The minimum Gasteiger partial charge on any atom is -0.354 e. The van der Waals surface area contributed by atoms with Crippen LogP contribution in [-0.4, -0.2) is 27.5 Å². The van der Waals surface area contributed by atoms with Crippen LogP contribution in [-0.2, 0) is 11.3 Å². The average Bonchev–Trinajstić information content (AvgIpc) is 2.89. The van der Waals surface area contributed by atoms with Crippen LogP contribution >= 0.6 is 0 Å². The molecule has 1 atom stereocenters. The van der Waals surface area contributed by atoms with E-state index in [-0.39, 0.29) is 5.91 Å². The van der Waals surface area contributed by atoms with Crippen LogP contribution in [0.4, 0.5) is 0 Å². The number of nitrogens with two attached hydrogens (primary N) is 1. The predicted octanol–water partition coefficient (Wildman–Crippen LogP) is 1.30. The smallest absolute Gasteiger partial charge is 0.240 e. The summed E-state index contributed by atoms with van der Waals surface area (Å²) in [5.41, 5.74) is 5.57. The van der Waals surface area contributed by atoms with E-state index in [2.05, 4.69) is 17.2 Å². The molecule has 5 heteroatoms. The second-order valence-corrected chi connectivity index (χ2v) is 5.79. The van der Waals surface area contributed by atoms with Crippen LogP contribution in [0.5, 0.6) is 0 Å². The zero-order chi connectivity index (χ0) is 13.7. The molecular formula is C14H24N4O. The maximum Gasteiger partial charge on any atom is 0.240 e. The molecule has 3 N–H and O–H groups in total. The molecule has 1 aliphatic rings. The normalized spacial score (nSPS) is 19.9. The van der Waals surface area contributed by atoms with Gasteiger partial charge < -0.3 is 15.6 Å². The second-order valence-electron chi connectivity index (χ2n) is 5.79. The van der Waals surface area contributed by atoms with Gasteiger partial charge in [0, 0.05) is 25.5 Å². The number of hydrogen-bond donors (Lipinski definition) is 2. The first-order valence-electron chi connectivity index (χ1n) is 7.13. The van der Waals surface area contributed by atoms with Gasteiger partial charge in [0.1, 0.15) is 0 Å².